The van der Waals surface area contributed by atoms with E-state index in [0.717, 1.165) is 51.8 Å². The first-order valence-corrected chi connectivity index (χ1v) is 10.8. The third-order valence-electron chi connectivity index (χ3n) is 5.42. The number of fused-ring (bicyclic) bond motifs is 1. The molecule has 0 fully saturated rings. The average molecular weight is 424 g/mol. The monoisotopic (exact) mass is 423 g/mol. The van der Waals surface area contributed by atoms with E-state index in [1.807, 2.05) is 48.5 Å². The molecule has 5 rings (SSSR count). The first kappa shape index (κ1) is 20.0. The number of pyridine rings is 1. The molecule has 3 heterocycles. The molecule has 0 saturated carbocycles. The standard InChI is InChI=1S/C26H25N5O/c1-3-14-31-16-22(15-27-31)23-17-30(2)29-26(23)32-18-19-8-10-21(11-9-19)25-13-12-20-6-4-5-7-24(20)28-25/h4-13,15-17H,3,14,18H2,1-2H3. The fourth-order valence-electron chi connectivity index (χ4n) is 3.78. The van der Waals surface area contributed by atoms with E-state index in [2.05, 4.69) is 59.6 Å². The molecule has 0 atom stereocenters. The summed E-state index contributed by atoms with van der Waals surface area (Å²) in [5.41, 5.74) is 6.09. The molecule has 0 saturated heterocycles. The fraction of sp³-hybridized carbons (Fsp3) is 0.192. The van der Waals surface area contributed by atoms with E-state index in [1.54, 1.807) is 4.68 Å². The third kappa shape index (κ3) is 4.12. The highest BCUT2D eigenvalue weighted by molar-refractivity contribution is 5.81. The lowest BCUT2D eigenvalue weighted by Crippen LogP contribution is -1.98. The first-order valence-electron chi connectivity index (χ1n) is 10.8. The zero-order chi connectivity index (χ0) is 21.9. The van der Waals surface area contributed by atoms with Gasteiger partial charge in [-0.15, -0.1) is 5.10 Å². The Bertz CT molecular complexity index is 1350. The van der Waals surface area contributed by atoms with Crippen LogP contribution in [0.15, 0.2) is 79.3 Å². The van der Waals surface area contributed by atoms with Gasteiger partial charge in [0.2, 0.25) is 5.88 Å². The second-order valence-electron chi connectivity index (χ2n) is 7.89. The summed E-state index contributed by atoms with van der Waals surface area (Å²) in [7, 11) is 1.90. The van der Waals surface area contributed by atoms with Crippen molar-refractivity contribution < 1.29 is 4.74 Å². The highest BCUT2D eigenvalue weighted by atomic mass is 16.5. The molecule has 0 aliphatic heterocycles. The van der Waals surface area contributed by atoms with E-state index in [-0.39, 0.29) is 0 Å². The van der Waals surface area contributed by atoms with Crippen LogP contribution in [-0.4, -0.2) is 24.5 Å². The number of aryl methyl sites for hydroxylation is 2. The van der Waals surface area contributed by atoms with Gasteiger partial charge in [0.15, 0.2) is 0 Å². The van der Waals surface area contributed by atoms with Crippen LogP contribution in [0.5, 0.6) is 5.88 Å². The molecule has 0 aliphatic rings. The minimum atomic E-state index is 0.443. The third-order valence-corrected chi connectivity index (χ3v) is 5.42. The van der Waals surface area contributed by atoms with Crippen LogP contribution in [0.4, 0.5) is 0 Å². The molecule has 3 aromatic heterocycles. The minimum Gasteiger partial charge on any atom is -0.471 e. The Kier molecular flexibility index (Phi) is 5.42. The Hall–Kier alpha value is -3.93. The van der Waals surface area contributed by atoms with Crippen molar-refractivity contribution in [2.45, 2.75) is 26.5 Å². The van der Waals surface area contributed by atoms with E-state index in [9.17, 15) is 0 Å². The smallest absolute Gasteiger partial charge is 0.241 e. The van der Waals surface area contributed by atoms with Gasteiger partial charge in [-0.1, -0.05) is 55.5 Å². The van der Waals surface area contributed by atoms with Gasteiger partial charge >= 0.3 is 0 Å². The van der Waals surface area contributed by atoms with E-state index < -0.39 is 0 Å². The predicted octanol–water partition coefficient (Wildman–Crippen LogP) is 5.49. The SMILES string of the molecule is CCCn1cc(-c2cn(C)nc2OCc2ccc(-c3ccc4ccccc4n3)cc2)cn1. The maximum absolute atomic E-state index is 6.09. The maximum atomic E-state index is 6.09. The number of para-hydroxylation sites is 1. The Labute approximate surface area is 187 Å². The summed E-state index contributed by atoms with van der Waals surface area (Å²) in [6, 6.07) is 20.7. The highest BCUT2D eigenvalue weighted by Gasteiger charge is 2.14. The summed E-state index contributed by atoms with van der Waals surface area (Å²) in [4.78, 5) is 4.78. The number of nitrogens with zero attached hydrogens (tertiary/aromatic N) is 5. The maximum Gasteiger partial charge on any atom is 0.241 e. The Balaban J connectivity index is 1.31. The summed E-state index contributed by atoms with van der Waals surface area (Å²) in [5, 5.41) is 10.1. The fourth-order valence-corrected chi connectivity index (χ4v) is 3.78. The van der Waals surface area contributed by atoms with Crippen LogP contribution in [0.2, 0.25) is 0 Å². The summed E-state index contributed by atoms with van der Waals surface area (Å²) in [6.45, 7) is 3.48. The van der Waals surface area contributed by atoms with Gasteiger partial charge in [0.25, 0.3) is 0 Å². The minimum absolute atomic E-state index is 0.443. The lowest BCUT2D eigenvalue weighted by atomic mass is 10.1. The van der Waals surface area contributed by atoms with Crippen molar-refractivity contribution in [2.24, 2.45) is 7.05 Å². The molecule has 0 unspecified atom stereocenters. The van der Waals surface area contributed by atoms with Gasteiger partial charge in [-0.25, -0.2) is 4.98 Å². The van der Waals surface area contributed by atoms with Crippen LogP contribution in [0.25, 0.3) is 33.3 Å². The van der Waals surface area contributed by atoms with Crippen molar-refractivity contribution in [3.05, 3.63) is 84.8 Å². The molecule has 0 bridgehead atoms. The second kappa shape index (κ2) is 8.67. The van der Waals surface area contributed by atoms with E-state index in [0.29, 0.717) is 12.5 Å². The molecule has 0 N–H and O–H groups in total. The molecule has 6 nitrogen and oxygen atoms in total. The number of hydrogen-bond donors (Lipinski definition) is 0. The normalized spacial score (nSPS) is 11.2. The second-order valence-corrected chi connectivity index (χ2v) is 7.89. The highest BCUT2D eigenvalue weighted by Crippen LogP contribution is 2.29. The summed E-state index contributed by atoms with van der Waals surface area (Å²) < 4.78 is 9.81. The summed E-state index contributed by atoms with van der Waals surface area (Å²) in [5.74, 6) is 0.615. The van der Waals surface area contributed by atoms with Gasteiger partial charge in [-0.2, -0.15) is 5.10 Å². The lowest BCUT2D eigenvalue weighted by Gasteiger charge is -2.07. The van der Waals surface area contributed by atoms with Crippen molar-refractivity contribution in [1.82, 2.24) is 24.5 Å². The van der Waals surface area contributed by atoms with Gasteiger partial charge in [-0.05, 0) is 24.1 Å². The van der Waals surface area contributed by atoms with Crippen molar-refractivity contribution in [3.8, 4) is 28.3 Å². The topological polar surface area (TPSA) is 57.8 Å². The number of hydrogen-bond acceptors (Lipinski definition) is 4. The number of rotatable bonds is 7. The molecule has 0 spiro atoms. The van der Waals surface area contributed by atoms with Crippen molar-refractivity contribution in [2.75, 3.05) is 0 Å². The average Bonchev–Trinajstić information content (AvgIpc) is 3.44. The lowest BCUT2D eigenvalue weighted by molar-refractivity contribution is 0.292. The molecule has 0 aliphatic carbocycles. The number of ether oxygens (including phenoxy) is 1. The number of benzene rings is 2. The molecule has 5 aromatic rings. The predicted molar refractivity (Wildman–Crippen MR) is 126 cm³/mol. The first-order chi connectivity index (χ1) is 15.7. The van der Waals surface area contributed by atoms with Crippen LogP contribution in [0.3, 0.4) is 0 Å². The van der Waals surface area contributed by atoms with Crippen molar-refractivity contribution in [3.63, 3.8) is 0 Å². The van der Waals surface area contributed by atoms with Crippen LogP contribution in [-0.2, 0) is 20.2 Å². The van der Waals surface area contributed by atoms with Gasteiger partial charge in [0, 0.05) is 42.5 Å². The summed E-state index contributed by atoms with van der Waals surface area (Å²) in [6.07, 6.45) is 6.92. The molecule has 32 heavy (non-hydrogen) atoms. The van der Waals surface area contributed by atoms with Crippen LogP contribution < -0.4 is 4.74 Å². The van der Waals surface area contributed by atoms with E-state index in [4.69, 9.17) is 9.72 Å². The molecular weight excluding hydrogens is 398 g/mol. The van der Waals surface area contributed by atoms with E-state index in [1.165, 1.54) is 0 Å². The van der Waals surface area contributed by atoms with Crippen LogP contribution in [0.1, 0.15) is 18.9 Å². The van der Waals surface area contributed by atoms with Crippen LogP contribution in [0, 0.1) is 0 Å². The quantitative estimate of drug-likeness (QED) is 0.347. The Morgan fingerprint density at radius 3 is 2.59 bits per heavy atom. The molecular formula is C26H25N5O. The van der Waals surface area contributed by atoms with Crippen molar-refractivity contribution in [1.29, 1.82) is 0 Å². The Morgan fingerprint density at radius 1 is 0.906 bits per heavy atom. The molecule has 2 aromatic carbocycles. The van der Waals surface area contributed by atoms with Gasteiger partial charge in [0.05, 0.1) is 23.0 Å². The van der Waals surface area contributed by atoms with Crippen molar-refractivity contribution >= 4 is 10.9 Å². The van der Waals surface area contributed by atoms with Gasteiger partial charge in [0.1, 0.15) is 6.61 Å². The van der Waals surface area contributed by atoms with Gasteiger partial charge in [-0.3, -0.25) is 9.36 Å². The zero-order valence-electron chi connectivity index (χ0n) is 18.3. The van der Waals surface area contributed by atoms with Gasteiger partial charge < -0.3 is 4.74 Å². The summed E-state index contributed by atoms with van der Waals surface area (Å²) >= 11 is 0. The Morgan fingerprint density at radius 2 is 1.75 bits per heavy atom. The van der Waals surface area contributed by atoms with E-state index >= 15 is 0 Å². The zero-order valence-corrected chi connectivity index (χ0v) is 18.3. The number of aromatic nitrogens is 5. The molecule has 0 radical (unpaired) electrons. The van der Waals surface area contributed by atoms with Crippen LogP contribution >= 0.6 is 0 Å². The molecule has 0 amide bonds. The molecule has 6 heteroatoms. The molecule has 160 valence electrons. The largest absolute Gasteiger partial charge is 0.471 e.